The van der Waals surface area contributed by atoms with Gasteiger partial charge in [-0.25, -0.2) is 13.2 Å². The van der Waals surface area contributed by atoms with Gasteiger partial charge in [0.2, 0.25) is 17.7 Å². The number of likely N-dealkylation sites (N-methyl/N-ethyl adjacent to an activating group) is 3. The molecule has 1 atom stereocenters. The highest BCUT2D eigenvalue weighted by molar-refractivity contribution is 7.98. The van der Waals surface area contributed by atoms with Crippen LogP contribution in [0.25, 0.3) is 33.4 Å². The van der Waals surface area contributed by atoms with Gasteiger partial charge in [0.25, 0.3) is 16.7 Å². The molecular weight excluding hydrogens is 1910 g/mol. The number of carbonyl (C=O) groups is 3. The average molecular weight is 2080 g/mol. The first-order valence-electron chi connectivity index (χ1n) is 67.7. The van der Waals surface area contributed by atoms with Crippen LogP contribution >= 0.6 is 35.3 Å². The van der Waals surface area contributed by atoms with Crippen LogP contribution in [-0.4, -0.2) is 154 Å². The first-order valence-corrected chi connectivity index (χ1v) is 46.1. The third kappa shape index (κ3) is 29.5. The van der Waals surface area contributed by atoms with Gasteiger partial charge in [0.15, 0.2) is 15.5 Å². The lowest BCUT2D eigenvalue weighted by Crippen LogP contribution is -2.40. The Labute approximate surface area is 905 Å². The lowest BCUT2D eigenvalue weighted by molar-refractivity contribution is -0.138. The Morgan fingerprint density at radius 3 is 1.02 bits per heavy atom. The summed E-state index contributed by atoms with van der Waals surface area (Å²) in [5.41, 5.74) is -25.3. The number of hydrogen-bond acceptors (Lipinski definition) is 15. The molecule has 3 amide bonds. The molecule has 9 aromatic carbocycles. The van der Waals surface area contributed by atoms with Gasteiger partial charge in [-0.2, -0.15) is 54.5 Å². The van der Waals surface area contributed by atoms with Crippen molar-refractivity contribution in [2.24, 2.45) is 5.89 Å². The van der Waals surface area contributed by atoms with Crippen LogP contribution in [0, 0.1) is 30.3 Å². The van der Waals surface area contributed by atoms with Crippen LogP contribution in [0.5, 0.6) is 0 Å². The van der Waals surface area contributed by atoms with E-state index in [1.165, 1.54) is 100 Å². The molecular formula is C110H118F12N12O6S3. The van der Waals surface area contributed by atoms with E-state index in [1.807, 2.05) is 0 Å². The molecule has 756 valence electrons. The molecule has 0 N–H and O–H groups in total. The summed E-state index contributed by atoms with van der Waals surface area (Å²) in [6.07, 6.45) is -21.0. The fraction of sp³-hybridized carbons (Fsp3) is 0.373. The highest BCUT2D eigenvalue weighted by Gasteiger charge is 2.36. The van der Waals surface area contributed by atoms with E-state index in [-0.39, 0.29) is 149 Å². The maximum absolute atomic E-state index is 15.1. The fourth-order valence-electron chi connectivity index (χ4n) is 13.8. The van der Waals surface area contributed by atoms with Gasteiger partial charge in [0.05, 0.1) is 59.2 Å². The highest BCUT2D eigenvalue weighted by atomic mass is 32.2. The normalized spacial score (nSPS) is 20.6. The van der Waals surface area contributed by atoms with Gasteiger partial charge in [0, 0.05) is 133 Å². The second kappa shape index (κ2) is 50.1. The molecule has 3 aromatic heterocycles. The molecule has 0 bridgehead atoms. The quantitative estimate of drug-likeness (QED) is 0.0202. The number of amides is 3. The number of nitrogens with zero attached hydrogens (tertiary/aromatic N) is 12. The molecule has 0 radical (unpaired) electrons. The molecule has 0 aliphatic heterocycles. The van der Waals surface area contributed by atoms with Gasteiger partial charge in [0.1, 0.15) is 36.9 Å². The minimum atomic E-state index is -5.21. The number of alkyl halides is 9. The average Bonchev–Trinajstić information content (AvgIpc) is 1.51. The molecule has 3 aliphatic rings. The van der Waals surface area contributed by atoms with Crippen molar-refractivity contribution in [2.45, 2.75) is 197 Å². The number of carbonyl (C=O) groups excluding carboxylic acids is 3. The zero-order chi connectivity index (χ0) is 145. The Morgan fingerprint density at radius 2 is 0.692 bits per heavy atom. The first kappa shape index (κ1) is 60.8. The predicted octanol–water partition coefficient (Wildman–Crippen LogP) is 22.2. The van der Waals surface area contributed by atoms with Crippen molar-refractivity contribution in [3.05, 3.63) is 350 Å². The van der Waals surface area contributed by atoms with Crippen molar-refractivity contribution < 1.29 is 133 Å². The number of rotatable bonds is 39. The maximum Gasteiger partial charge on any atom is 0.416 e. The Balaban J connectivity index is 0.000000232. The van der Waals surface area contributed by atoms with Crippen molar-refractivity contribution in [3.8, 4) is 33.4 Å². The van der Waals surface area contributed by atoms with Crippen LogP contribution in [-0.2, 0) is 128 Å². The van der Waals surface area contributed by atoms with E-state index in [4.69, 9.17) is 52.1 Å². The number of benzene rings is 9. The van der Waals surface area contributed by atoms with Crippen molar-refractivity contribution in [1.82, 2.24) is 58.1 Å². The Bertz CT molecular complexity index is 9160. The molecule has 0 fully saturated rings. The number of aromatic nitrogens is 6. The van der Waals surface area contributed by atoms with E-state index in [1.54, 1.807) is 13.8 Å². The summed E-state index contributed by atoms with van der Waals surface area (Å²) < 4.78 is 585. The first-order chi connectivity index (χ1) is 87.3. The van der Waals surface area contributed by atoms with Crippen LogP contribution in [0.3, 0.4) is 0 Å². The Morgan fingerprint density at radius 1 is 0.385 bits per heavy atom. The molecule has 0 saturated carbocycles. The summed E-state index contributed by atoms with van der Waals surface area (Å²) in [6, 6.07) is -3.82. The summed E-state index contributed by atoms with van der Waals surface area (Å²) in [5.74, 6) is -13.6. The molecule has 3 heterocycles. The number of fused-ring (bicyclic) bond motifs is 3. The largest absolute Gasteiger partial charge is 0.416 e. The zero-order valence-corrected chi connectivity index (χ0v) is 79.4. The topological polar surface area (TPSA) is 175 Å². The van der Waals surface area contributed by atoms with Crippen molar-refractivity contribution in [1.29, 1.82) is 0 Å². The minimum absolute atomic E-state index is 0.0236. The molecule has 15 rings (SSSR count). The number of halogens is 12. The van der Waals surface area contributed by atoms with Crippen molar-refractivity contribution in [3.63, 3.8) is 0 Å². The third-order valence-corrected chi connectivity index (χ3v) is 23.6. The van der Waals surface area contributed by atoms with Gasteiger partial charge < -0.3 is 43.1 Å². The van der Waals surface area contributed by atoms with Crippen LogP contribution in [0.4, 0.5) is 52.7 Å². The van der Waals surface area contributed by atoms with Crippen molar-refractivity contribution >= 4 is 53.0 Å². The van der Waals surface area contributed by atoms with E-state index in [0.29, 0.717) is 43.2 Å². The van der Waals surface area contributed by atoms with E-state index in [9.17, 15) is 85.6 Å². The summed E-state index contributed by atoms with van der Waals surface area (Å²) in [4.78, 5) is 100.0. The summed E-state index contributed by atoms with van der Waals surface area (Å²) in [6.45, 7) is -25.1. The monoisotopic (exact) mass is 2080 g/mol. The van der Waals surface area contributed by atoms with Gasteiger partial charge in [-0.05, 0) is 242 Å². The maximum atomic E-state index is 15.1. The third-order valence-electron chi connectivity index (χ3n) is 21.3. The standard InChI is InChI=1S/2C37H40F4N4O2S.C36H38F4N4O2S/c1-4-43(5-2)18-19-44(22-26-6-10-28(11-7-26)29-12-14-30(15-13-29)37(39,40)41)34(46)23-45-33-21-25(3)20-32(33)35(47)42-36(45)48-24-27-8-16-31(38)17-9-27;1-4-43(5-2)19-20-44(22-26-9-13-28(14-10-26)29-15-18-32(25(3)21-29)37(39,40)41)34(46)23-45-33-8-6-7-31(33)35(47)42-36(45)48-24-27-11-16-30(38)17-12-27;1-3-42(4-2)20-21-43(22-25-8-12-27(13-9-25)28-14-16-29(17-15-28)36(38,39)40)33(45)23-44-32-7-5-6-31(32)34(46)41-35(44)47-24-26-10-18-30(37)19-11-26/h6-17,25H,4-5,18-24H2,1-3H3;9-18,21H,4-8,19-20,22-24H2,1-3H3;8-19H,3-7,20-24H2,1-2H3/i8D,9D,16D,17D,18D2,19D2,20D2,21D2,23D2,24D2,25D;9D,10D,11D,12D,13D,14D,15D,16D,17D,18D,19D2,20D2,21D,23D2,24D2;10D,11D,18D,19D,20D2,21D2,23D2,24D2. The molecule has 0 saturated heterocycles. The lowest BCUT2D eigenvalue weighted by Gasteiger charge is -2.28. The molecule has 18 nitrogen and oxygen atoms in total. The van der Waals surface area contributed by atoms with Crippen molar-refractivity contribution in [2.75, 3.05) is 78.2 Å². The second-order valence-electron chi connectivity index (χ2n) is 30.8. The van der Waals surface area contributed by atoms with E-state index < -0.39 is 393 Å². The molecule has 143 heavy (non-hydrogen) atoms. The Kier molecular flexibility index (Phi) is 21.3. The van der Waals surface area contributed by atoms with E-state index in [2.05, 4.69) is 15.0 Å². The minimum Gasteiger partial charge on any atom is -0.336 e. The number of hydrogen-bond donors (Lipinski definition) is 0. The summed E-state index contributed by atoms with van der Waals surface area (Å²) >= 11 is -0.637. The molecule has 1 unspecified atom stereocenters. The van der Waals surface area contributed by atoms with Crippen LogP contribution in [0.2, 0.25) is 0 Å². The van der Waals surface area contributed by atoms with Crippen LogP contribution in [0.1, 0.15) is 217 Å². The highest BCUT2D eigenvalue weighted by Crippen LogP contribution is 2.39. The molecule has 33 heteroatoms. The number of thioether (sulfide) groups is 3. The second-order valence-corrected chi connectivity index (χ2v) is 33.1. The predicted molar refractivity (Wildman–Crippen MR) is 539 cm³/mol. The van der Waals surface area contributed by atoms with E-state index >= 15 is 9.59 Å². The van der Waals surface area contributed by atoms with Gasteiger partial charge in [-0.15, -0.1) is 0 Å². The van der Waals surface area contributed by atoms with Gasteiger partial charge in [-0.3, -0.25) is 28.8 Å². The van der Waals surface area contributed by atoms with E-state index in [0.717, 1.165) is 45.9 Å². The Hall–Kier alpha value is -11.9. The zero-order valence-electron chi connectivity index (χ0n) is 125. The summed E-state index contributed by atoms with van der Waals surface area (Å²) in [7, 11) is 0. The smallest absolute Gasteiger partial charge is 0.336 e. The molecule has 3 aliphatic carbocycles. The lowest BCUT2D eigenvalue weighted by atomic mass is 9.98. The van der Waals surface area contributed by atoms with Crippen LogP contribution < -0.4 is 16.7 Å². The molecule has 12 aromatic rings. The molecule has 0 spiro atoms. The van der Waals surface area contributed by atoms with Gasteiger partial charge in [-0.1, -0.05) is 229 Å². The van der Waals surface area contributed by atoms with Crippen LogP contribution in [0.15, 0.2) is 242 Å². The SMILES string of the molecule is [2H]c1c([2H])c(C([2H])([2H])Sc2nc(=O)c3c(n2C([2H])([2H])C(=O)N(Cc2c([2H])c([2H])c(-c4c([2H])c([2H])c(C(F)(F)F)c(C)c4[2H])c([2H])c2[2H])C([2H])([2H])C([2H])([2H])N(CC)CC)CCC3)c([2H])c([2H])c1F.[2H]c1c([2H])c(C([2H])([2H])Sc2nc(=O)c3c(n2C([2H])([2H])C(=O)N(Cc2ccc(-c4ccc(C(F)(F)F)cc4)cc2)C([2H])([2H])C([2H])([2H])N(CC)CC)C([2H])([2H])C([2H])(C)C3([2H])[2H])c([2H])c([2H])c1F.[2H]c1c([2H])c(C([2H])([2H])Sc2nc(=O)c3c(n2C([2H])([2H])C(=O)N(Cc2ccc(-c4ccc(C(F)(F)F)cc4)cc2)C([2H])([2H])C([2H])([2H])N(CC)CC)CCC3)c([2H])c([2H])c1F. The summed E-state index contributed by atoms with van der Waals surface area (Å²) in [5, 5.41) is -3.13. The van der Waals surface area contributed by atoms with Gasteiger partial charge >= 0.3 is 18.5 Å². The fourth-order valence-corrected chi connectivity index (χ4v) is 15.8.